The first-order valence-electron chi connectivity index (χ1n) is 5.54. The van der Waals surface area contributed by atoms with Crippen molar-refractivity contribution in [2.75, 3.05) is 5.73 Å². The molecular weight excluding hydrogens is 235 g/mol. The molecule has 2 nitrogen and oxygen atoms in total. The zero-order valence-corrected chi connectivity index (χ0v) is 10.8. The number of hydrogen-bond acceptors (Lipinski definition) is 3. The van der Waals surface area contributed by atoms with Gasteiger partial charge in [0, 0.05) is 10.3 Å². The van der Waals surface area contributed by atoms with E-state index in [9.17, 15) is 9.65 Å². The molecule has 1 aromatic rings. The van der Waals surface area contributed by atoms with Crippen molar-refractivity contribution in [3.05, 3.63) is 28.2 Å². The molecule has 0 spiro atoms. The van der Waals surface area contributed by atoms with Gasteiger partial charge >= 0.3 is 0 Å². The first kappa shape index (κ1) is 12.1. The molecule has 2 rings (SSSR count). The SMILES string of the molecule is C=C(C)C1(C)CCC(F)c2sc(N)c(C#N)c21. The van der Waals surface area contributed by atoms with Gasteiger partial charge in [0.2, 0.25) is 0 Å². The lowest BCUT2D eigenvalue weighted by Crippen LogP contribution is -2.29. The fourth-order valence-electron chi connectivity index (χ4n) is 2.44. The summed E-state index contributed by atoms with van der Waals surface area (Å²) in [4.78, 5) is 0.621. The molecule has 2 unspecified atom stereocenters. The molecule has 2 atom stereocenters. The van der Waals surface area contributed by atoms with E-state index in [4.69, 9.17) is 5.73 Å². The number of alkyl halides is 1. The molecule has 17 heavy (non-hydrogen) atoms. The van der Waals surface area contributed by atoms with Gasteiger partial charge in [0.15, 0.2) is 0 Å². The number of anilines is 1. The van der Waals surface area contributed by atoms with Gasteiger partial charge in [-0.2, -0.15) is 5.26 Å². The number of allylic oxidation sites excluding steroid dienone is 1. The number of nitrogens with two attached hydrogens (primary N) is 1. The van der Waals surface area contributed by atoms with Crippen LogP contribution in [-0.2, 0) is 5.41 Å². The van der Waals surface area contributed by atoms with Crippen LogP contribution in [0, 0.1) is 11.3 Å². The molecule has 0 aromatic carbocycles. The van der Waals surface area contributed by atoms with Crippen LogP contribution >= 0.6 is 11.3 Å². The summed E-state index contributed by atoms with van der Waals surface area (Å²) >= 11 is 1.21. The summed E-state index contributed by atoms with van der Waals surface area (Å²) in [5, 5.41) is 9.61. The molecule has 90 valence electrons. The number of nitrogens with zero attached hydrogens (tertiary/aromatic N) is 1. The smallest absolute Gasteiger partial charge is 0.135 e. The highest BCUT2D eigenvalue weighted by Crippen LogP contribution is 2.52. The summed E-state index contributed by atoms with van der Waals surface area (Å²) in [5.74, 6) is 0. The predicted octanol–water partition coefficient (Wildman–Crippen LogP) is 3.84. The van der Waals surface area contributed by atoms with Crippen molar-refractivity contribution in [2.45, 2.75) is 38.3 Å². The van der Waals surface area contributed by atoms with Crippen LogP contribution in [0.2, 0.25) is 0 Å². The molecular formula is C13H15FN2S. The van der Waals surface area contributed by atoms with Gasteiger partial charge in [-0.25, -0.2) is 4.39 Å². The average Bonchev–Trinajstić information content (AvgIpc) is 2.62. The first-order chi connectivity index (χ1) is 7.91. The largest absolute Gasteiger partial charge is 0.389 e. The number of thiophene rings is 1. The average molecular weight is 250 g/mol. The number of nitriles is 1. The fraction of sp³-hybridized carbons (Fsp3) is 0.462. The van der Waals surface area contributed by atoms with Gasteiger partial charge in [0.05, 0.1) is 5.56 Å². The minimum Gasteiger partial charge on any atom is -0.389 e. The summed E-state index contributed by atoms with van der Waals surface area (Å²) in [5.41, 5.74) is 7.67. The molecule has 0 saturated carbocycles. The highest BCUT2D eigenvalue weighted by molar-refractivity contribution is 7.16. The molecule has 0 bridgehead atoms. The predicted molar refractivity (Wildman–Crippen MR) is 68.7 cm³/mol. The quantitative estimate of drug-likeness (QED) is 0.770. The minimum atomic E-state index is -0.994. The number of halogens is 1. The Morgan fingerprint density at radius 3 is 2.88 bits per heavy atom. The van der Waals surface area contributed by atoms with Gasteiger partial charge in [0.25, 0.3) is 0 Å². The molecule has 0 fully saturated rings. The van der Waals surface area contributed by atoms with Crippen LogP contribution in [-0.4, -0.2) is 0 Å². The normalized spacial score (nSPS) is 27.3. The molecule has 0 aliphatic heterocycles. The Morgan fingerprint density at radius 1 is 1.71 bits per heavy atom. The second-order valence-electron chi connectivity index (χ2n) is 4.81. The van der Waals surface area contributed by atoms with E-state index in [2.05, 4.69) is 12.6 Å². The van der Waals surface area contributed by atoms with Gasteiger partial charge < -0.3 is 5.73 Å². The lowest BCUT2D eigenvalue weighted by Gasteiger charge is -2.36. The third kappa shape index (κ3) is 1.57. The highest BCUT2D eigenvalue weighted by atomic mass is 32.1. The monoisotopic (exact) mass is 250 g/mol. The maximum atomic E-state index is 13.9. The van der Waals surface area contributed by atoms with Crippen molar-refractivity contribution in [3.8, 4) is 6.07 Å². The Balaban J connectivity index is 2.75. The maximum Gasteiger partial charge on any atom is 0.135 e. The number of nitrogen functional groups attached to an aromatic ring is 1. The fourth-order valence-corrected chi connectivity index (χ4v) is 3.61. The van der Waals surface area contributed by atoms with Gasteiger partial charge in [-0.05, 0) is 25.3 Å². The summed E-state index contributed by atoms with van der Waals surface area (Å²) in [6.07, 6.45) is 0.162. The third-order valence-electron chi connectivity index (χ3n) is 3.75. The Hall–Kier alpha value is -1.34. The zero-order valence-electron chi connectivity index (χ0n) is 10.0. The Morgan fingerprint density at radius 2 is 2.35 bits per heavy atom. The van der Waals surface area contributed by atoms with Crippen LogP contribution in [0.25, 0.3) is 0 Å². The number of hydrogen-bond donors (Lipinski definition) is 1. The van der Waals surface area contributed by atoms with Crippen molar-refractivity contribution < 1.29 is 4.39 Å². The van der Waals surface area contributed by atoms with Crippen LogP contribution in [0.3, 0.4) is 0 Å². The van der Waals surface area contributed by atoms with E-state index in [1.807, 2.05) is 13.8 Å². The Bertz CT molecular complexity index is 526. The lowest BCUT2D eigenvalue weighted by molar-refractivity contribution is 0.272. The second-order valence-corrected chi connectivity index (χ2v) is 5.89. The molecule has 2 N–H and O–H groups in total. The van der Waals surface area contributed by atoms with Gasteiger partial charge in [-0.3, -0.25) is 0 Å². The first-order valence-corrected chi connectivity index (χ1v) is 6.36. The van der Waals surface area contributed by atoms with E-state index >= 15 is 0 Å². The standard InChI is InChI=1S/C13H15FN2S/c1-7(2)13(3)5-4-9(14)11-10(13)8(6-15)12(16)17-11/h9H,1,4-5,16H2,2-3H3. The maximum absolute atomic E-state index is 13.9. The molecule has 0 saturated heterocycles. The number of rotatable bonds is 1. The third-order valence-corrected chi connectivity index (χ3v) is 4.85. The van der Waals surface area contributed by atoms with Crippen molar-refractivity contribution in [2.24, 2.45) is 0 Å². The van der Waals surface area contributed by atoms with Gasteiger partial charge in [0.1, 0.15) is 17.2 Å². The summed E-state index contributed by atoms with van der Waals surface area (Å²) in [6, 6.07) is 2.11. The zero-order chi connectivity index (χ0) is 12.8. The summed E-state index contributed by atoms with van der Waals surface area (Å²) in [7, 11) is 0. The van der Waals surface area contributed by atoms with E-state index < -0.39 is 6.17 Å². The van der Waals surface area contributed by atoms with Crippen molar-refractivity contribution >= 4 is 16.3 Å². The topological polar surface area (TPSA) is 49.8 Å². The second kappa shape index (κ2) is 3.85. The van der Waals surface area contributed by atoms with Crippen LogP contribution in [0.4, 0.5) is 9.39 Å². The van der Waals surface area contributed by atoms with Gasteiger partial charge in [-0.1, -0.05) is 19.1 Å². The molecule has 1 aliphatic carbocycles. The molecule has 0 radical (unpaired) electrons. The van der Waals surface area contributed by atoms with E-state index in [-0.39, 0.29) is 5.41 Å². The van der Waals surface area contributed by atoms with E-state index in [1.54, 1.807) is 0 Å². The van der Waals surface area contributed by atoms with Crippen LogP contribution < -0.4 is 5.73 Å². The number of fused-ring (bicyclic) bond motifs is 1. The molecule has 1 heterocycles. The van der Waals surface area contributed by atoms with Crippen molar-refractivity contribution in [1.29, 1.82) is 5.26 Å². The van der Waals surface area contributed by atoms with E-state index in [0.717, 1.165) is 11.1 Å². The summed E-state index contributed by atoms with van der Waals surface area (Å²) < 4.78 is 13.9. The van der Waals surface area contributed by atoms with Crippen molar-refractivity contribution in [1.82, 2.24) is 0 Å². The molecule has 1 aliphatic rings. The summed E-state index contributed by atoms with van der Waals surface area (Å²) in [6.45, 7) is 7.94. The van der Waals surface area contributed by atoms with E-state index in [0.29, 0.717) is 28.3 Å². The minimum absolute atomic E-state index is 0.322. The van der Waals surface area contributed by atoms with Crippen LogP contribution in [0.5, 0.6) is 0 Å². The van der Waals surface area contributed by atoms with E-state index in [1.165, 1.54) is 11.3 Å². The van der Waals surface area contributed by atoms with Crippen molar-refractivity contribution in [3.63, 3.8) is 0 Å². The highest BCUT2D eigenvalue weighted by Gasteiger charge is 2.41. The molecule has 1 aromatic heterocycles. The van der Waals surface area contributed by atoms with Gasteiger partial charge in [-0.15, -0.1) is 11.3 Å². The molecule has 4 heteroatoms. The van der Waals surface area contributed by atoms with Crippen LogP contribution in [0.1, 0.15) is 48.9 Å². The van der Waals surface area contributed by atoms with Crippen LogP contribution in [0.15, 0.2) is 12.2 Å². The lowest BCUT2D eigenvalue weighted by atomic mass is 9.68. The Kier molecular flexibility index (Phi) is 2.75. The Labute approximate surface area is 105 Å². The molecule has 0 amide bonds.